The van der Waals surface area contributed by atoms with Gasteiger partial charge in [-0.1, -0.05) is 0 Å². The zero-order valence-corrected chi connectivity index (χ0v) is 19.6. The van der Waals surface area contributed by atoms with Gasteiger partial charge in [0.1, 0.15) is 6.33 Å². The number of piperidine rings is 1. The van der Waals surface area contributed by atoms with E-state index in [2.05, 4.69) is 62.2 Å². The monoisotopic (exact) mass is 430 g/mol. The van der Waals surface area contributed by atoms with Crippen LogP contribution < -0.4 is 10.9 Å². The Morgan fingerprint density at radius 2 is 1.81 bits per heavy atom. The maximum absolute atomic E-state index is 13.4. The van der Waals surface area contributed by atoms with E-state index < -0.39 is 0 Å². The van der Waals surface area contributed by atoms with Crippen molar-refractivity contribution in [2.24, 2.45) is 7.05 Å². The summed E-state index contributed by atoms with van der Waals surface area (Å²) in [5.41, 5.74) is 4.26. The Morgan fingerprint density at radius 1 is 1.09 bits per heavy atom. The molecule has 1 aliphatic heterocycles. The van der Waals surface area contributed by atoms with Gasteiger partial charge in [-0.3, -0.25) is 14.0 Å². The zero-order chi connectivity index (χ0) is 22.8. The molecule has 0 radical (unpaired) electrons. The van der Waals surface area contributed by atoms with Gasteiger partial charge >= 0.3 is 0 Å². The van der Waals surface area contributed by atoms with Crippen molar-refractivity contribution in [3.63, 3.8) is 0 Å². The van der Waals surface area contributed by atoms with Gasteiger partial charge in [0.25, 0.3) is 5.56 Å². The number of hydrogen-bond donors (Lipinski definition) is 1. The van der Waals surface area contributed by atoms with E-state index in [4.69, 9.17) is 4.98 Å². The standard InChI is InChI=1S/C25H30N6O/c1-15-9-16(10-17-13-30(6)28-21(15)17)20-8-7-19-22(27-20)26-14-31(23(19)32)18-11-24(2,3)29-25(4,5)12-18/h7-10,13-14,18,29H,11-12H2,1-6H3. The number of pyridine rings is 1. The van der Waals surface area contributed by atoms with Crippen molar-refractivity contribution in [2.45, 2.75) is 64.6 Å². The molecule has 4 heterocycles. The lowest BCUT2D eigenvalue weighted by molar-refractivity contribution is 0.130. The number of rotatable bonds is 2. The fourth-order valence-electron chi connectivity index (χ4n) is 5.49. The molecule has 3 aromatic heterocycles. The van der Waals surface area contributed by atoms with Crippen molar-refractivity contribution < 1.29 is 0 Å². The van der Waals surface area contributed by atoms with Crippen molar-refractivity contribution in [3.8, 4) is 11.3 Å². The first kappa shape index (κ1) is 20.8. The van der Waals surface area contributed by atoms with Crippen LogP contribution in [0.25, 0.3) is 33.2 Å². The highest BCUT2D eigenvalue weighted by Gasteiger charge is 2.38. The molecule has 1 saturated heterocycles. The maximum Gasteiger partial charge on any atom is 0.263 e. The lowest BCUT2D eigenvalue weighted by atomic mass is 9.79. The summed E-state index contributed by atoms with van der Waals surface area (Å²) in [6.45, 7) is 10.8. The topological polar surface area (TPSA) is 77.6 Å². The summed E-state index contributed by atoms with van der Waals surface area (Å²) in [7, 11) is 1.92. The molecule has 0 amide bonds. The van der Waals surface area contributed by atoms with Crippen LogP contribution in [-0.4, -0.2) is 35.4 Å². The molecule has 4 aromatic rings. The molecular formula is C25H30N6O. The quantitative estimate of drug-likeness (QED) is 0.517. The maximum atomic E-state index is 13.4. The van der Waals surface area contributed by atoms with E-state index in [9.17, 15) is 4.79 Å². The Labute approximate surface area is 187 Å². The van der Waals surface area contributed by atoms with E-state index in [1.54, 1.807) is 10.9 Å². The Morgan fingerprint density at radius 3 is 2.53 bits per heavy atom. The van der Waals surface area contributed by atoms with Gasteiger partial charge in [-0.15, -0.1) is 0 Å². The fraction of sp³-hybridized carbons (Fsp3) is 0.440. The van der Waals surface area contributed by atoms with E-state index >= 15 is 0 Å². The predicted octanol–water partition coefficient (Wildman–Crippen LogP) is 4.14. The molecule has 1 fully saturated rings. The van der Waals surface area contributed by atoms with E-state index in [-0.39, 0.29) is 22.7 Å². The first-order chi connectivity index (χ1) is 15.0. The third-order valence-corrected chi connectivity index (χ3v) is 6.42. The minimum atomic E-state index is -0.0499. The number of benzene rings is 1. The van der Waals surface area contributed by atoms with Crippen LogP contribution in [0.4, 0.5) is 0 Å². The molecule has 0 saturated carbocycles. The Bertz CT molecular complexity index is 1400. The molecule has 0 spiro atoms. The molecule has 7 nitrogen and oxygen atoms in total. The zero-order valence-electron chi connectivity index (χ0n) is 19.6. The average molecular weight is 431 g/mol. The van der Waals surface area contributed by atoms with Gasteiger partial charge in [-0.05, 0) is 77.3 Å². The number of nitrogens with zero attached hydrogens (tertiary/aromatic N) is 5. The summed E-state index contributed by atoms with van der Waals surface area (Å²) < 4.78 is 3.63. The van der Waals surface area contributed by atoms with E-state index in [1.165, 1.54) is 0 Å². The number of fused-ring (bicyclic) bond motifs is 2. The van der Waals surface area contributed by atoms with Crippen molar-refractivity contribution in [3.05, 3.63) is 52.7 Å². The Kier molecular flexibility index (Phi) is 4.53. The number of aryl methyl sites for hydroxylation is 2. The van der Waals surface area contributed by atoms with E-state index in [1.807, 2.05) is 30.1 Å². The van der Waals surface area contributed by atoms with Crippen LogP contribution in [0, 0.1) is 6.92 Å². The molecule has 166 valence electrons. The first-order valence-corrected chi connectivity index (χ1v) is 11.1. The van der Waals surface area contributed by atoms with Crippen LogP contribution in [0.5, 0.6) is 0 Å². The molecule has 7 heteroatoms. The van der Waals surface area contributed by atoms with Gasteiger partial charge < -0.3 is 5.32 Å². The summed E-state index contributed by atoms with van der Waals surface area (Å²) >= 11 is 0. The molecule has 1 N–H and O–H groups in total. The first-order valence-electron chi connectivity index (χ1n) is 11.1. The van der Waals surface area contributed by atoms with Crippen molar-refractivity contribution in [1.82, 2.24) is 29.6 Å². The summed E-state index contributed by atoms with van der Waals surface area (Å²) in [6.07, 6.45) is 5.43. The van der Waals surface area contributed by atoms with Crippen LogP contribution in [0.2, 0.25) is 0 Å². The highest BCUT2D eigenvalue weighted by atomic mass is 16.1. The lowest BCUT2D eigenvalue weighted by Gasteiger charge is -2.46. The average Bonchev–Trinajstić information content (AvgIpc) is 3.06. The SMILES string of the molecule is Cc1cc(-c2ccc3c(=O)n(C4CC(C)(C)NC(C)(C)C4)cnc3n2)cc2cn(C)nc12. The smallest absolute Gasteiger partial charge is 0.263 e. The summed E-state index contributed by atoms with van der Waals surface area (Å²) in [5, 5.41) is 9.83. The van der Waals surface area contributed by atoms with Crippen molar-refractivity contribution >= 4 is 21.9 Å². The minimum Gasteiger partial charge on any atom is -0.307 e. The second-order valence-corrected chi connectivity index (χ2v) is 10.5. The summed E-state index contributed by atoms with van der Waals surface area (Å²) in [6, 6.07) is 8.06. The number of hydrogen-bond acceptors (Lipinski definition) is 5. The van der Waals surface area contributed by atoms with Crippen molar-refractivity contribution in [2.75, 3.05) is 0 Å². The van der Waals surface area contributed by atoms with Crippen LogP contribution in [0.15, 0.2) is 41.6 Å². The van der Waals surface area contributed by atoms with E-state index in [0.717, 1.165) is 40.6 Å². The third kappa shape index (κ3) is 3.60. The molecule has 1 aliphatic rings. The number of aromatic nitrogens is 5. The molecular weight excluding hydrogens is 400 g/mol. The lowest BCUT2D eigenvalue weighted by Crippen LogP contribution is -2.58. The van der Waals surface area contributed by atoms with Gasteiger partial charge in [-0.2, -0.15) is 5.10 Å². The van der Waals surface area contributed by atoms with Crippen LogP contribution in [0.1, 0.15) is 52.1 Å². The molecule has 0 atom stereocenters. The molecule has 0 aliphatic carbocycles. The Hall–Kier alpha value is -3.06. The molecule has 5 rings (SSSR count). The summed E-state index contributed by atoms with van der Waals surface area (Å²) in [5.74, 6) is 0. The molecule has 32 heavy (non-hydrogen) atoms. The van der Waals surface area contributed by atoms with Crippen molar-refractivity contribution in [1.29, 1.82) is 0 Å². The van der Waals surface area contributed by atoms with Gasteiger partial charge in [0.15, 0.2) is 5.65 Å². The largest absolute Gasteiger partial charge is 0.307 e. The van der Waals surface area contributed by atoms with Gasteiger partial charge in [0.05, 0.1) is 16.6 Å². The van der Waals surface area contributed by atoms with E-state index in [0.29, 0.717) is 11.0 Å². The molecule has 0 bridgehead atoms. The van der Waals surface area contributed by atoms with Crippen LogP contribution in [-0.2, 0) is 7.05 Å². The van der Waals surface area contributed by atoms with Crippen LogP contribution in [0.3, 0.4) is 0 Å². The second-order valence-electron chi connectivity index (χ2n) is 10.5. The third-order valence-electron chi connectivity index (χ3n) is 6.42. The summed E-state index contributed by atoms with van der Waals surface area (Å²) in [4.78, 5) is 22.7. The highest BCUT2D eigenvalue weighted by Crippen LogP contribution is 2.35. The second kappa shape index (κ2) is 6.97. The fourth-order valence-corrected chi connectivity index (χ4v) is 5.49. The molecule has 0 unspecified atom stereocenters. The molecule has 1 aromatic carbocycles. The highest BCUT2D eigenvalue weighted by molar-refractivity contribution is 5.87. The Balaban J connectivity index is 1.56. The predicted molar refractivity (Wildman–Crippen MR) is 128 cm³/mol. The minimum absolute atomic E-state index is 0.0218. The number of nitrogens with one attached hydrogen (secondary N) is 1. The van der Waals surface area contributed by atoms with Gasteiger partial charge in [-0.25, -0.2) is 9.97 Å². The van der Waals surface area contributed by atoms with Gasteiger partial charge in [0.2, 0.25) is 0 Å². The van der Waals surface area contributed by atoms with Gasteiger partial charge in [0, 0.05) is 41.3 Å². The normalized spacial score (nSPS) is 18.4. The van der Waals surface area contributed by atoms with Crippen LogP contribution >= 0.6 is 0 Å².